The summed E-state index contributed by atoms with van der Waals surface area (Å²) in [6.45, 7) is 1.16. The molecule has 36 heavy (non-hydrogen) atoms. The van der Waals surface area contributed by atoms with Crippen molar-refractivity contribution in [3.05, 3.63) is 131 Å². The van der Waals surface area contributed by atoms with Crippen molar-refractivity contribution in [2.45, 2.75) is 25.8 Å². The molecule has 0 bridgehead atoms. The van der Waals surface area contributed by atoms with Crippen LogP contribution >= 0.6 is 0 Å². The zero-order chi connectivity index (χ0) is 24.5. The van der Waals surface area contributed by atoms with Crippen LogP contribution in [0.25, 0.3) is 11.1 Å². The van der Waals surface area contributed by atoms with E-state index in [9.17, 15) is 14.7 Å². The molecule has 0 atom stereocenters. The second-order valence-electron chi connectivity index (χ2n) is 8.60. The van der Waals surface area contributed by atoms with Crippen molar-refractivity contribution < 1.29 is 44.3 Å². The number of amides is 1. The average molecular weight is 486 g/mol. The summed E-state index contributed by atoms with van der Waals surface area (Å²) >= 11 is 0. The maximum absolute atomic E-state index is 13.3. The van der Waals surface area contributed by atoms with Gasteiger partial charge < -0.3 is 14.8 Å². The van der Waals surface area contributed by atoms with Gasteiger partial charge in [-0.15, -0.1) is 0 Å². The molecule has 5 heteroatoms. The van der Waals surface area contributed by atoms with Crippen LogP contribution in [0.15, 0.2) is 109 Å². The predicted octanol–water partition coefficient (Wildman–Crippen LogP) is 1.93. The van der Waals surface area contributed by atoms with Gasteiger partial charge in [0.25, 0.3) is 0 Å². The zero-order valence-electron chi connectivity index (χ0n) is 20.6. The molecule has 4 aromatic rings. The Hall–Kier alpha value is -3.18. The molecule has 0 spiro atoms. The number of hydrogen-bond donors (Lipinski definition) is 0. The van der Waals surface area contributed by atoms with E-state index in [4.69, 9.17) is 0 Å². The zero-order valence-corrected chi connectivity index (χ0v) is 22.6. The van der Waals surface area contributed by atoms with Gasteiger partial charge in [-0.1, -0.05) is 103 Å². The number of carbonyl (C=O) groups is 2. The molecular formula is C31H28NNaO3. The third-order valence-electron chi connectivity index (χ3n) is 6.09. The molecule has 0 fully saturated rings. The van der Waals surface area contributed by atoms with Gasteiger partial charge in [0, 0.05) is 19.5 Å². The summed E-state index contributed by atoms with van der Waals surface area (Å²) in [6, 6.07) is 35.0. The quantitative estimate of drug-likeness (QED) is 0.323. The van der Waals surface area contributed by atoms with E-state index in [2.05, 4.69) is 30.3 Å². The molecule has 0 unspecified atom stereocenters. The first kappa shape index (κ1) is 27.4. The number of carboxylic acid groups (broad SMARTS) is 1. The standard InChI is InChI=1S/C31H29NO3.Na/c33-30(19-14-24-8-3-1-4-9-24)32(21-20-25-10-5-2-6-11-25)23-26-12-7-13-29(22-26)27-15-17-28(18-16-27)31(34)35;/h1-13,15-18,22H,14,19-21,23H2,(H,34,35);/q;+1/p-1. The van der Waals surface area contributed by atoms with Gasteiger partial charge >= 0.3 is 29.6 Å². The average Bonchev–Trinajstić information content (AvgIpc) is 2.91. The van der Waals surface area contributed by atoms with Gasteiger partial charge in [-0.3, -0.25) is 4.79 Å². The van der Waals surface area contributed by atoms with Gasteiger partial charge in [0.2, 0.25) is 5.91 Å². The van der Waals surface area contributed by atoms with E-state index in [1.54, 1.807) is 24.3 Å². The topological polar surface area (TPSA) is 60.4 Å². The molecule has 4 rings (SSSR count). The van der Waals surface area contributed by atoms with Crippen LogP contribution in [-0.4, -0.2) is 23.3 Å². The molecular weight excluding hydrogens is 457 g/mol. The number of rotatable bonds is 10. The van der Waals surface area contributed by atoms with Gasteiger partial charge in [-0.2, -0.15) is 0 Å². The Morgan fingerprint density at radius 1 is 0.639 bits per heavy atom. The molecule has 0 heterocycles. The van der Waals surface area contributed by atoms with Crippen LogP contribution in [0.2, 0.25) is 0 Å². The first-order valence-electron chi connectivity index (χ1n) is 11.8. The van der Waals surface area contributed by atoms with Crippen molar-refractivity contribution in [3.63, 3.8) is 0 Å². The summed E-state index contributed by atoms with van der Waals surface area (Å²) in [4.78, 5) is 26.2. The maximum Gasteiger partial charge on any atom is 1.00 e. The van der Waals surface area contributed by atoms with Crippen molar-refractivity contribution in [2.75, 3.05) is 6.54 Å². The van der Waals surface area contributed by atoms with Crippen molar-refractivity contribution in [2.24, 2.45) is 0 Å². The molecule has 0 radical (unpaired) electrons. The second-order valence-corrected chi connectivity index (χ2v) is 8.60. The number of benzene rings is 4. The molecule has 0 N–H and O–H groups in total. The van der Waals surface area contributed by atoms with E-state index in [-0.39, 0.29) is 41.0 Å². The fourth-order valence-corrected chi connectivity index (χ4v) is 4.12. The van der Waals surface area contributed by atoms with E-state index in [0.717, 1.165) is 28.7 Å². The predicted molar refractivity (Wildman–Crippen MR) is 137 cm³/mol. The second kappa shape index (κ2) is 13.8. The summed E-state index contributed by atoms with van der Waals surface area (Å²) in [5, 5.41) is 11.0. The Morgan fingerprint density at radius 2 is 1.22 bits per heavy atom. The smallest absolute Gasteiger partial charge is 0.545 e. The van der Waals surface area contributed by atoms with Gasteiger partial charge in [-0.25, -0.2) is 0 Å². The van der Waals surface area contributed by atoms with Gasteiger partial charge in [0.15, 0.2) is 0 Å². The molecule has 0 saturated carbocycles. The fraction of sp³-hybridized carbons (Fsp3) is 0.161. The molecule has 0 aromatic heterocycles. The molecule has 1 amide bonds. The van der Waals surface area contributed by atoms with Crippen molar-refractivity contribution in [1.29, 1.82) is 0 Å². The van der Waals surface area contributed by atoms with E-state index in [0.29, 0.717) is 25.9 Å². The monoisotopic (exact) mass is 485 g/mol. The largest absolute Gasteiger partial charge is 1.00 e. The Labute approximate surface area is 234 Å². The van der Waals surface area contributed by atoms with Crippen molar-refractivity contribution >= 4 is 11.9 Å². The summed E-state index contributed by atoms with van der Waals surface area (Å²) < 4.78 is 0. The Kier molecular flexibility index (Phi) is 10.5. The minimum atomic E-state index is -1.19. The summed E-state index contributed by atoms with van der Waals surface area (Å²) in [5.41, 5.74) is 5.45. The number of carboxylic acids is 1. The van der Waals surface area contributed by atoms with Gasteiger partial charge in [0.05, 0.1) is 5.97 Å². The minimum absolute atomic E-state index is 0. The third kappa shape index (κ3) is 7.92. The Bertz CT molecular complexity index is 1260. The minimum Gasteiger partial charge on any atom is -0.545 e. The normalized spacial score (nSPS) is 10.3. The molecule has 4 nitrogen and oxygen atoms in total. The van der Waals surface area contributed by atoms with E-state index >= 15 is 0 Å². The maximum atomic E-state index is 13.3. The van der Waals surface area contributed by atoms with E-state index in [1.165, 1.54) is 5.56 Å². The summed E-state index contributed by atoms with van der Waals surface area (Å²) in [5.74, 6) is -1.05. The van der Waals surface area contributed by atoms with Gasteiger partial charge in [-0.05, 0) is 52.3 Å². The van der Waals surface area contributed by atoms with Crippen LogP contribution in [-0.2, 0) is 24.2 Å². The van der Waals surface area contributed by atoms with E-state index < -0.39 is 5.97 Å². The van der Waals surface area contributed by atoms with Crippen molar-refractivity contribution in [3.8, 4) is 11.1 Å². The number of carbonyl (C=O) groups excluding carboxylic acids is 2. The number of aromatic carboxylic acids is 1. The fourth-order valence-electron chi connectivity index (χ4n) is 4.12. The Balaban J connectivity index is 0.00000361. The van der Waals surface area contributed by atoms with Crippen LogP contribution in [0.1, 0.15) is 33.5 Å². The summed E-state index contributed by atoms with van der Waals surface area (Å²) in [7, 11) is 0. The third-order valence-corrected chi connectivity index (χ3v) is 6.09. The first-order valence-corrected chi connectivity index (χ1v) is 11.8. The molecule has 0 aliphatic rings. The molecule has 176 valence electrons. The number of nitrogens with zero attached hydrogens (tertiary/aromatic N) is 1. The Morgan fingerprint density at radius 3 is 1.83 bits per heavy atom. The van der Waals surface area contributed by atoms with Crippen LogP contribution in [0, 0.1) is 0 Å². The number of hydrogen-bond acceptors (Lipinski definition) is 3. The summed E-state index contributed by atoms with van der Waals surface area (Å²) in [6.07, 6.45) is 1.97. The van der Waals surface area contributed by atoms with E-state index in [1.807, 2.05) is 59.5 Å². The SMILES string of the molecule is O=C([O-])c1ccc(-c2cccc(CN(CCc3ccccc3)C(=O)CCc3ccccc3)c2)cc1.[Na+]. The molecule has 0 saturated heterocycles. The van der Waals surface area contributed by atoms with Crippen LogP contribution in [0.4, 0.5) is 0 Å². The van der Waals surface area contributed by atoms with Crippen LogP contribution in [0.5, 0.6) is 0 Å². The van der Waals surface area contributed by atoms with Crippen LogP contribution < -0.4 is 34.7 Å². The number of aryl methyl sites for hydroxylation is 1. The van der Waals surface area contributed by atoms with Crippen LogP contribution in [0.3, 0.4) is 0 Å². The molecule has 0 aliphatic carbocycles. The first-order chi connectivity index (χ1) is 17.1. The molecule has 4 aromatic carbocycles. The van der Waals surface area contributed by atoms with Crippen molar-refractivity contribution in [1.82, 2.24) is 4.90 Å². The van der Waals surface area contributed by atoms with Gasteiger partial charge in [0.1, 0.15) is 0 Å². The molecule has 0 aliphatic heterocycles.